The summed E-state index contributed by atoms with van der Waals surface area (Å²) in [6.45, 7) is 0.483. The van der Waals surface area contributed by atoms with Crippen LogP contribution < -0.4 is 16.0 Å². The maximum Gasteiger partial charge on any atom is 0.254 e. The summed E-state index contributed by atoms with van der Waals surface area (Å²) in [5.74, 6) is 0.749. The third-order valence-electron chi connectivity index (χ3n) is 2.92. The van der Waals surface area contributed by atoms with Gasteiger partial charge < -0.3 is 15.0 Å². The average Bonchev–Trinajstić information content (AvgIpc) is 2.35. The van der Waals surface area contributed by atoms with Crippen molar-refractivity contribution >= 4 is 10.9 Å². The molecule has 0 saturated carbocycles. The minimum Gasteiger partial charge on any atom is -0.497 e. The molecule has 0 atom stereocenters. The highest BCUT2D eigenvalue weighted by molar-refractivity contribution is 5.81. The molecule has 0 bridgehead atoms. The fourth-order valence-electron chi connectivity index (χ4n) is 1.97. The monoisotopic (exact) mass is 232 g/mol. The fraction of sp³-hybridized carbons (Fsp3) is 0.308. The molecule has 0 saturated heterocycles. The zero-order valence-corrected chi connectivity index (χ0v) is 10.1. The van der Waals surface area contributed by atoms with Gasteiger partial charge in [0.1, 0.15) is 5.75 Å². The van der Waals surface area contributed by atoms with E-state index in [9.17, 15) is 4.79 Å². The van der Waals surface area contributed by atoms with Gasteiger partial charge in [0, 0.05) is 18.7 Å². The number of pyridine rings is 1. The first kappa shape index (κ1) is 11.7. The third kappa shape index (κ3) is 2.03. The smallest absolute Gasteiger partial charge is 0.254 e. The summed E-state index contributed by atoms with van der Waals surface area (Å²) < 4.78 is 6.80. The Labute approximate surface area is 99.6 Å². The highest BCUT2D eigenvalue weighted by atomic mass is 16.5. The summed E-state index contributed by atoms with van der Waals surface area (Å²) in [5, 5.41) is 1.02. The molecule has 0 amide bonds. The molecular formula is C13H16N2O2. The van der Waals surface area contributed by atoms with Gasteiger partial charge in [-0.1, -0.05) is 0 Å². The molecule has 4 nitrogen and oxygen atoms in total. The molecule has 90 valence electrons. The molecule has 4 heteroatoms. The minimum absolute atomic E-state index is 0.0104. The first-order valence-corrected chi connectivity index (χ1v) is 5.54. The van der Waals surface area contributed by atoms with Crippen LogP contribution in [0.2, 0.25) is 0 Å². The molecule has 1 heterocycles. The molecule has 17 heavy (non-hydrogen) atoms. The van der Waals surface area contributed by atoms with E-state index in [1.165, 1.54) is 0 Å². The van der Waals surface area contributed by atoms with Crippen molar-refractivity contribution in [2.75, 3.05) is 13.7 Å². The van der Waals surface area contributed by atoms with Crippen LogP contribution in [0.15, 0.2) is 29.1 Å². The molecule has 0 aliphatic carbocycles. The van der Waals surface area contributed by atoms with Crippen LogP contribution in [0.1, 0.15) is 5.56 Å². The first-order valence-electron chi connectivity index (χ1n) is 5.54. The standard InChI is InChI=1S/C13H16N2O2/c1-15-12-8-11(17-2)4-3-9(12)7-10(5-6-14)13(15)16/h3-4,7-8H,5-6,14H2,1-2H3. The molecule has 0 fully saturated rings. The molecule has 0 aliphatic rings. The lowest BCUT2D eigenvalue weighted by Gasteiger charge is -2.09. The molecule has 0 spiro atoms. The molecule has 2 aromatic rings. The topological polar surface area (TPSA) is 57.2 Å². The lowest BCUT2D eigenvalue weighted by Crippen LogP contribution is -2.23. The van der Waals surface area contributed by atoms with E-state index in [4.69, 9.17) is 10.5 Å². The van der Waals surface area contributed by atoms with E-state index in [1.54, 1.807) is 18.7 Å². The Bertz CT molecular complexity index is 602. The summed E-state index contributed by atoms with van der Waals surface area (Å²) >= 11 is 0. The highest BCUT2D eigenvalue weighted by Gasteiger charge is 2.06. The summed E-state index contributed by atoms with van der Waals surface area (Å²) in [7, 11) is 3.38. The minimum atomic E-state index is 0.0104. The number of ether oxygens (including phenoxy) is 1. The van der Waals surface area contributed by atoms with Crippen molar-refractivity contribution in [1.29, 1.82) is 0 Å². The van der Waals surface area contributed by atoms with Gasteiger partial charge in [0.05, 0.1) is 12.6 Å². The molecule has 0 radical (unpaired) electrons. The molecule has 0 unspecified atom stereocenters. The second-order valence-electron chi connectivity index (χ2n) is 4.00. The number of aromatic nitrogens is 1. The van der Waals surface area contributed by atoms with Crippen LogP contribution in [0.3, 0.4) is 0 Å². The number of hydrogen-bond donors (Lipinski definition) is 1. The summed E-state index contributed by atoms with van der Waals surface area (Å²) in [6, 6.07) is 7.61. The fourth-order valence-corrected chi connectivity index (χ4v) is 1.97. The molecule has 2 N–H and O–H groups in total. The normalized spacial score (nSPS) is 10.8. The maximum atomic E-state index is 12.0. The quantitative estimate of drug-likeness (QED) is 0.860. The zero-order chi connectivity index (χ0) is 12.4. The molecule has 1 aromatic carbocycles. The zero-order valence-electron chi connectivity index (χ0n) is 10.1. The summed E-state index contributed by atoms with van der Waals surface area (Å²) in [4.78, 5) is 12.0. The first-order chi connectivity index (χ1) is 8.17. The van der Waals surface area contributed by atoms with Crippen molar-refractivity contribution in [3.8, 4) is 5.75 Å². The van der Waals surface area contributed by atoms with Crippen LogP contribution in [-0.4, -0.2) is 18.2 Å². The van der Waals surface area contributed by atoms with E-state index in [0.717, 1.165) is 22.2 Å². The maximum absolute atomic E-state index is 12.0. The molecule has 2 rings (SSSR count). The van der Waals surface area contributed by atoms with E-state index in [1.807, 2.05) is 24.3 Å². The molecule has 0 aliphatic heterocycles. The van der Waals surface area contributed by atoms with Crippen LogP contribution in [0, 0.1) is 0 Å². The second-order valence-corrected chi connectivity index (χ2v) is 4.00. The van der Waals surface area contributed by atoms with Crippen molar-refractivity contribution in [1.82, 2.24) is 4.57 Å². The van der Waals surface area contributed by atoms with E-state index >= 15 is 0 Å². The summed E-state index contributed by atoms with van der Waals surface area (Å²) in [5.41, 5.74) is 7.14. The molecular weight excluding hydrogens is 216 g/mol. The number of hydrogen-bond acceptors (Lipinski definition) is 3. The van der Waals surface area contributed by atoms with Crippen molar-refractivity contribution < 1.29 is 4.74 Å². The Balaban J connectivity index is 2.72. The van der Waals surface area contributed by atoms with Gasteiger partial charge in [-0.25, -0.2) is 0 Å². The van der Waals surface area contributed by atoms with Crippen molar-refractivity contribution in [2.45, 2.75) is 6.42 Å². The lowest BCUT2D eigenvalue weighted by molar-refractivity contribution is 0.415. The number of methoxy groups -OCH3 is 1. The second kappa shape index (κ2) is 4.59. The van der Waals surface area contributed by atoms with Gasteiger partial charge in [-0.15, -0.1) is 0 Å². The van der Waals surface area contributed by atoms with Crippen molar-refractivity contribution in [3.05, 3.63) is 40.2 Å². The lowest BCUT2D eigenvalue weighted by atomic mass is 10.1. The van der Waals surface area contributed by atoms with E-state index in [2.05, 4.69) is 0 Å². The van der Waals surface area contributed by atoms with Crippen molar-refractivity contribution in [2.24, 2.45) is 12.8 Å². The number of rotatable bonds is 3. The van der Waals surface area contributed by atoms with Gasteiger partial charge >= 0.3 is 0 Å². The van der Waals surface area contributed by atoms with Gasteiger partial charge in [0.15, 0.2) is 0 Å². The van der Waals surface area contributed by atoms with Crippen molar-refractivity contribution in [3.63, 3.8) is 0 Å². The van der Waals surface area contributed by atoms with Crippen LogP contribution in [0.25, 0.3) is 10.9 Å². The number of nitrogens with zero attached hydrogens (tertiary/aromatic N) is 1. The third-order valence-corrected chi connectivity index (χ3v) is 2.92. The van der Waals surface area contributed by atoms with E-state index in [-0.39, 0.29) is 5.56 Å². The van der Waals surface area contributed by atoms with Crippen LogP contribution >= 0.6 is 0 Å². The highest BCUT2D eigenvalue weighted by Crippen LogP contribution is 2.19. The summed E-state index contributed by atoms with van der Waals surface area (Å²) in [6.07, 6.45) is 0.606. The van der Waals surface area contributed by atoms with Crippen LogP contribution in [-0.2, 0) is 13.5 Å². The Morgan fingerprint density at radius 1 is 1.35 bits per heavy atom. The predicted octanol–water partition coefficient (Wildman–Crippen LogP) is 1.05. The van der Waals surface area contributed by atoms with Gasteiger partial charge in [-0.3, -0.25) is 4.79 Å². The van der Waals surface area contributed by atoms with E-state index < -0.39 is 0 Å². The number of aryl methyl sites for hydroxylation is 1. The number of benzene rings is 1. The number of nitrogens with two attached hydrogens (primary N) is 1. The Hall–Kier alpha value is -1.81. The van der Waals surface area contributed by atoms with Gasteiger partial charge in [-0.05, 0) is 36.6 Å². The Kier molecular flexibility index (Phi) is 3.15. The van der Waals surface area contributed by atoms with E-state index in [0.29, 0.717) is 13.0 Å². The largest absolute Gasteiger partial charge is 0.497 e. The SMILES string of the molecule is COc1ccc2cc(CCN)c(=O)n(C)c2c1. The predicted molar refractivity (Wildman–Crippen MR) is 68.5 cm³/mol. The molecule has 1 aromatic heterocycles. The van der Waals surface area contributed by atoms with Gasteiger partial charge in [0.25, 0.3) is 5.56 Å². The number of fused-ring (bicyclic) bond motifs is 1. The van der Waals surface area contributed by atoms with Gasteiger partial charge in [0.2, 0.25) is 0 Å². The van der Waals surface area contributed by atoms with Gasteiger partial charge in [-0.2, -0.15) is 0 Å². The average molecular weight is 232 g/mol. The Morgan fingerprint density at radius 3 is 2.76 bits per heavy atom. The van der Waals surface area contributed by atoms with Crippen LogP contribution in [0.5, 0.6) is 5.75 Å². The Morgan fingerprint density at radius 2 is 2.12 bits per heavy atom. The van der Waals surface area contributed by atoms with Crippen LogP contribution in [0.4, 0.5) is 0 Å².